The van der Waals surface area contributed by atoms with Gasteiger partial charge < -0.3 is 24.6 Å². The summed E-state index contributed by atoms with van der Waals surface area (Å²) >= 11 is 0. The van der Waals surface area contributed by atoms with Gasteiger partial charge in [-0.05, 0) is 98.3 Å². The minimum atomic E-state index is -0.636. The molecule has 262 valence electrons. The van der Waals surface area contributed by atoms with Crippen molar-refractivity contribution in [3.05, 3.63) is 11.6 Å². The minimum Gasteiger partial charge on any atom is -0.481 e. The van der Waals surface area contributed by atoms with Crippen LogP contribution < -0.4 is 5.32 Å². The maximum atomic E-state index is 13.4. The van der Waals surface area contributed by atoms with Crippen molar-refractivity contribution >= 4 is 11.9 Å². The van der Waals surface area contributed by atoms with Gasteiger partial charge in [-0.3, -0.25) is 9.59 Å². The number of carbonyl (C=O) groups is 2. The van der Waals surface area contributed by atoms with Crippen molar-refractivity contribution in [2.24, 2.45) is 62.6 Å². The van der Waals surface area contributed by atoms with E-state index in [9.17, 15) is 14.7 Å². The minimum absolute atomic E-state index is 0.153. The highest BCUT2D eigenvalue weighted by Crippen LogP contribution is 2.75. The number of hydrogen-bond donors (Lipinski definition) is 2. The van der Waals surface area contributed by atoms with Crippen molar-refractivity contribution in [2.75, 3.05) is 26.9 Å². The third-order valence-electron chi connectivity index (χ3n) is 15.8. The summed E-state index contributed by atoms with van der Waals surface area (Å²) in [5.74, 6) is 0.377. The molecule has 0 aromatic heterocycles. The van der Waals surface area contributed by atoms with Gasteiger partial charge in [0.1, 0.15) is 12.2 Å². The van der Waals surface area contributed by atoms with Crippen LogP contribution in [-0.2, 0) is 23.8 Å². The molecule has 1 saturated heterocycles. The smallest absolute Gasteiger partial charge is 0.307 e. The molecule has 5 rings (SSSR count). The number of allylic oxidation sites excluding steroid dienone is 1. The molecule has 12 atom stereocenters. The zero-order chi connectivity index (χ0) is 34.3. The number of likely N-dealkylation sites (N-methyl/N-ethyl adjacent to an activating group) is 1. The van der Waals surface area contributed by atoms with Crippen LogP contribution in [0.1, 0.15) is 115 Å². The largest absolute Gasteiger partial charge is 0.481 e. The quantitative estimate of drug-likeness (QED) is 0.198. The van der Waals surface area contributed by atoms with E-state index in [1.165, 1.54) is 12.5 Å². The Labute approximate surface area is 279 Å². The van der Waals surface area contributed by atoms with E-state index >= 15 is 0 Å². The predicted octanol–water partition coefficient (Wildman–Crippen LogP) is 7.53. The molecule has 7 heteroatoms. The van der Waals surface area contributed by atoms with Crippen LogP contribution >= 0.6 is 0 Å². The number of carboxylic acid groups (broad SMARTS) is 1. The normalized spacial score (nSPS) is 45.5. The van der Waals surface area contributed by atoms with Crippen molar-refractivity contribution in [3.8, 4) is 0 Å². The highest BCUT2D eigenvalue weighted by Gasteiger charge is 2.72. The average Bonchev–Trinajstić information content (AvgIpc) is 2.96. The van der Waals surface area contributed by atoms with Crippen molar-refractivity contribution in [2.45, 2.75) is 132 Å². The molecule has 0 amide bonds. The van der Waals surface area contributed by atoms with E-state index in [2.05, 4.69) is 80.6 Å². The number of aliphatic carboxylic acids is 1. The monoisotopic (exact) mass is 643 g/mol. The lowest BCUT2D eigenvalue weighted by Crippen LogP contribution is -2.70. The lowest BCUT2D eigenvalue weighted by molar-refractivity contribution is -0.269. The van der Waals surface area contributed by atoms with Crippen molar-refractivity contribution in [1.82, 2.24) is 5.32 Å². The second-order valence-corrected chi connectivity index (χ2v) is 18.3. The number of rotatable bonds is 9. The molecule has 0 unspecified atom stereocenters. The molecule has 0 aromatic carbocycles. The number of nitrogens with one attached hydrogen (secondary N) is 1. The van der Waals surface area contributed by atoms with Gasteiger partial charge in [-0.25, -0.2) is 0 Å². The Bertz CT molecular complexity index is 1230. The van der Waals surface area contributed by atoms with E-state index in [0.717, 1.165) is 32.1 Å². The summed E-state index contributed by atoms with van der Waals surface area (Å²) in [4.78, 5) is 26.0. The van der Waals surface area contributed by atoms with Crippen molar-refractivity contribution < 1.29 is 28.9 Å². The maximum absolute atomic E-state index is 13.4. The molecule has 3 saturated carbocycles. The van der Waals surface area contributed by atoms with E-state index in [-0.39, 0.29) is 56.7 Å². The topological polar surface area (TPSA) is 94.1 Å². The Hall–Kier alpha value is -1.44. The molecule has 4 aliphatic carbocycles. The van der Waals surface area contributed by atoms with Gasteiger partial charge in [0.15, 0.2) is 0 Å². The Morgan fingerprint density at radius 1 is 1.07 bits per heavy atom. The fourth-order valence-corrected chi connectivity index (χ4v) is 12.0. The zero-order valence-corrected chi connectivity index (χ0v) is 31.0. The third kappa shape index (κ3) is 4.97. The van der Waals surface area contributed by atoms with Crippen LogP contribution in [0.15, 0.2) is 11.6 Å². The first kappa shape index (κ1) is 35.9. The molecule has 0 aromatic rings. The molecule has 2 bridgehead atoms. The Morgan fingerprint density at radius 2 is 1.74 bits per heavy atom. The lowest BCUT2D eigenvalue weighted by Gasteiger charge is -2.71. The molecule has 0 radical (unpaired) electrons. The van der Waals surface area contributed by atoms with Gasteiger partial charge in [-0.2, -0.15) is 0 Å². The number of ether oxygens (including phenoxy) is 3. The van der Waals surface area contributed by atoms with Crippen LogP contribution in [0.3, 0.4) is 0 Å². The Kier molecular flexibility index (Phi) is 9.25. The van der Waals surface area contributed by atoms with Gasteiger partial charge in [-0.1, -0.05) is 74.0 Å². The summed E-state index contributed by atoms with van der Waals surface area (Å²) in [6.07, 6.45) is 7.31. The zero-order valence-electron chi connectivity index (χ0n) is 31.0. The van der Waals surface area contributed by atoms with Crippen molar-refractivity contribution in [3.63, 3.8) is 0 Å². The van der Waals surface area contributed by atoms with Gasteiger partial charge in [0.25, 0.3) is 0 Å². The van der Waals surface area contributed by atoms with E-state index in [4.69, 9.17) is 14.2 Å². The van der Waals surface area contributed by atoms with E-state index in [1.54, 1.807) is 0 Å². The summed E-state index contributed by atoms with van der Waals surface area (Å²) in [6, 6.07) is 0. The standard InChI is InChI=1S/C39H65NO6/c1-23(2)25(5)34(7)17-18-36(9)27-13-14-30-35(8)20-44-22-39(30,28(27)15-16-37(36,10)31(34)33(42)43)19-29(46-26(6)41)32(35)45-21-38(11,40-12)24(3)4/h15,23-25,27,29-32,40H,13-14,16-22H2,1-12H3,(H,42,43)/t25-,27+,29-,30+,31-,32+,34-,35+,36-,37+,38+,39+/m1/s1. The molecule has 46 heavy (non-hydrogen) atoms. The number of carboxylic acids is 1. The first-order chi connectivity index (χ1) is 21.3. The highest BCUT2D eigenvalue weighted by molar-refractivity contribution is 5.73. The van der Waals surface area contributed by atoms with Crippen LogP contribution in [0.5, 0.6) is 0 Å². The van der Waals surface area contributed by atoms with Gasteiger partial charge in [0.05, 0.1) is 25.7 Å². The van der Waals surface area contributed by atoms with Crippen LogP contribution in [0, 0.1) is 62.6 Å². The molecular formula is C39H65NO6. The van der Waals surface area contributed by atoms with Gasteiger partial charge in [-0.15, -0.1) is 0 Å². The predicted molar refractivity (Wildman–Crippen MR) is 181 cm³/mol. The van der Waals surface area contributed by atoms with Crippen molar-refractivity contribution in [1.29, 1.82) is 0 Å². The van der Waals surface area contributed by atoms with Gasteiger partial charge in [0.2, 0.25) is 0 Å². The molecule has 1 aliphatic heterocycles. The number of fused-ring (bicyclic) bond motifs is 3. The summed E-state index contributed by atoms with van der Waals surface area (Å²) in [5, 5.41) is 14.5. The Morgan fingerprint density at radius 3 is 2.30 bits per heavy atom. The molecule has 2 N–H and O–H groups in total. The van der Waals surface area contributed by atoms with Crippen LogP contribution in [-0.4, -0.2) is 61.7 Å². The molecule has 4 fully saturated rings. The number of esters is 1. The second-order valence-electron chi connectivity index (χ2n) is 18.3. The van der Waals surface area contributed by atoms with Gasteiger partial charge >= 0.3 is 11.9 Å². The van der Waals surface area contributed by atoms with Crippen LogP contribution in [0.4, 0.5) is 0 Å². The highest BCUT2D eigenvalue weighted by atomic mass is 16.6. The first-order valence-electron chi connectivity index (χ1n) is 18.3. The van der Waals surface area contributed by atoms with E-state index < -0.39 is 11.9 Å². The first-order valence-corrected chi connectivity index (χ1v) is 18.3. The van der Waals surface area contributed by atoms with Crippen LogP contribution in [0.2, 0.25) is 0 Å². The van der Waals surface area contributed by atoms with E-state index in [0.29, 0.717) is 49.9 Å². The molecular weight excluding hydrogens is 578 g/mol. The summed E-state index contributed by atoms with van der Waals surface area (Å²) in [6.45, 7) is 25.9. The number of carbonyl (C=O) groups excluding carboxylic acids is 1. The maximum Gasteiger partial charge on any atom is 0.307 e. The molecule has 5 aliphatic rings. The molecule has 7 nitrogen and oxygen atoms in total. The van der Waals surface area contributed by atoms with Gasteiger partial charge in [0, 0.05) is 23.3 Å². The number of hydrogen-bond acceptors (Lipinski definition) is 6. The SMILES string of the molecule is CN[C@@](C)(CO[C@H]1[C@H](OC(C)=O)C[C@@]23COC[C@@]1(C)[C@@H]2CC[C@H]1C3=CC[C@@]2(C)[C@H](C(=O)O)[C@@](C)([C@H](C)C(C)C)CC[C@]12C)C(C)C. The Balaban J connectivity index is 1.57. The van der Waals surface area contributed by atoms with E-state index in [1.807, 2.05) is 7.05 Å². The second kappa shape index (κ2) is 11.9. The summed E-state index contributed by atoms with van der Waals surface area (Å²) < 4.78 is 19.7. The fraction of sp³-hybridized carbons (Fsp3) is 0.897. The fourth-order valence-electron chi connectivity index (χ4n) is 12.0. The lowest BCUT2D eigenvalue weighted by atomic mass is 9.34. The van der Waals surface area contributed by atoms with Crippen LogP contribution in [0.25, 0.3) is 0 Å². The summed E-state index contributed by atoms with van der Waals surface area (Å²) in [5.41, 5.74) is -0.123. The molecule has 0 spiro atoms. The molecule has 1 heterocycles. The average molecular weight is 644 g/mol. The summed E-state index contributed by atoms with van der Waals surface area (Å²) in [7, 11) is 1.99. The third-order valence-corrected chi connectivity index (χ3v) is 15.8.